The Labute approximate surface area is 189 Å². The van der Waals surface area contributed by atoms with Gasteiger partial charge >= 0.3 is 6.09 Å². The van der Waals surface area contributed by atoms with Crippen LogP contribution in [0.1, 0.15) is 32.4 Å². The van der Waals surface area contributed by atoms with E-state index in [0.717, 1.165) is 5.39 Å². The van der Waals surface area contributed by atoms with E-state index in [1.807, 2.05) is 13.8 Å². The van der Waals surface area contributed by atoms with Gasteiger partial charge in [-0.25, -0.2) is 9.18 Å². The molecule has 32 heavy (non-hydrogen) atoms. The number of fused-ring (bicyclic) bond motifs is 1. The third-order valence-corrected chi connectivity index (χ3v) is 5.45. The molecule has 2 N–H and O–H groups in total. The predicted octanol–water partition coefficient (Wildman–Crippen LogP) is 5.24. The van der Waals surface area contributed by atoms with Gasteiger partial charge in [0.2, 0.25) is 0 Å². The molecule has 4 rings (SSSR count). The van der Waals surface area contributed by atoms with Crippen molar-refractivity contribution in [1.82, 2.24) is 4.98 Å². The van der Waals surface area contributed by atoms with Crippen LogP contribution >= 0.6 is 11.6 Å². The number of hydrogen-bond acceptors (Lipinski definition) is 5. The van der Waals surface area contributed by atoms with Gasteiger partial charge in [-0.15, -0.1) is 0 Å². The van der Waals surface area contributed by atoms with E-state index < -0.39 is 18.0 Å². The molecule has 1 unspecified atom stereocenters. The molecular formula is C23H23ClFN3O4. The van der Waals surface area contributed by atoms with Crippen molar-refractivity contribution >= 4 is 40.0 Å². The molecule has 0 radical (unpaired) electrons. The minimum Gasteiger partial charge on any atom is -0.489 e. The first kappa shape index (κ1) is 22.0. The number of aromatic nitrogens is 1. The number of anilines is 2. The molecular weight excluding hydrogens is 437 g/mol. The van der Waals surface area contributed by atoms with Crippen molar-refractivity contribution in [3.8, 4) is 5.75 Å². The second-order valence-corrected chi connectivity index (χ2v) is 8.27. The quantitative estimate of drug-likeness (QED) is 0.526. The molecule has 1 amide bonds. The van der Waals surface area contributed by atoms with Crippen LogP contribution in [-0.4, -0.2) is 30.3 Å². The maximum absolute atomic E-state index is 15.1. The highest BCUT2D eigenvalue weighted by Gasteiger charge is 2.27. The number of rotatable bonds is 6. The van der Waals surface area contributed by atoms with Crippen molar-refractivity contribution in [2.75, 3.05) is 23.4 Å². The topological polar surface area (TPSA) is 83.7 Å². The highest BCUT2D eigenvalue weighted by molar-refractivity contribution is 6.32. The molecule has 0 bridgehead atoms. The molecule has 0 aliphatic carbocycles. The van der Waals surface area contributed by atoms with Crippen LogP contribution in [0.3, 0.4) is 0 Å². The standard InChI is InChI=1S/C23H23ClFN3O4/c1-12(2)32-20-11-18-14(10-16(20)24)9-15(22(29)27-18)13(3)26-17-5-4-6-19(21(17)25)28-7-8-31-23(28)30/h4-6,9-13,26H,7-8H2,1-3H3,(H,27,29). The lowest BCUT2D eigenvalue weighted by Gasteiger charge is -2.20. The number of nitrogens with one attached hydrogen (secondary N) is 2. The fourth-order valence-corrected chi connectivity index (χ4v) is 3.87. The predicted molar refractivity (Wildman–Crippen MR) is 122 cm³/mol. The Kier molecular flexibility index (Phi) is 5.97. The molecule has 7 nitrogen and oxygen atoms in total. The zero-order chi connectivity index (χ0) is 23.0. The van der Waals surface area contributed by atoms with E-state index in [-0.39, 0.29) is 36.2 Å². The maximum atomic E-state index is 15.1. The summed E-state index contributed by atoms with van der Waals surface area (Å²) in [5.41, 5.74) is 0.993. The van der Waals surface area contributed by atoms with E-state index in [4.69, 9.17) is 21.1 Å². The summed E-state index contributed by atoms with van der Waals surface area (Å²) >= 11 is 6.34. The molecule has 168 valence electrons. The summed E-state index contributed by atoms with van der Waals surface area (Å²) in [6.45, 7) is 6.03. The number of aromatic amines is 1. The van der Waals surface area contributed by atoms with Crippen molar-refractivity contribution < 1.29 is 18.7 Å². The highest BCUT2D eigenvalue weighted by atomic mass is 35.5. The molecule has 1 aliphatic rings. The Morgan fingerprint density at radius 1 is 1.22 bits per heavy atom. The minimum absolute atomic E-state index is 0.0618. The Hall–Kier alpha value is -3.26. The van der Waals surface area contributed by atoms with Crippen LogP contribution in [0.25, 0.3) is 10.9 Å². The van der Waals surface area contributed by atoms with Crippen molar-refractivity contribution in [3.63, 3.8) is 0 Å². The Morgan fingerprint density at radius 3 is 2.69 bits per heavy atom. The number of halogens is 2. The fraction of sp³-hybridized carbons (Fsp3) is 0.304. The summed E-state index contributed by atoms with van der Waals surface area (Å²) in [7, 11) is 0. The van der Waals surface area contributed by atoms with Crippen molar-refractivity contribution in [2.24, 2.45) is 0 Å². The normalized spacial score (nSPS) is 14.7. The van der Waals surface area contributed by atoms with Crippen LogP contribution in [-0.2, 0) is 4.74 Å². The highest BCUT2D eigenvalue weighted by Crippen LogP contribution is 2.32. The molecule has 1 saturated heterocycles. The Morgan fingerprint density at radius 2 is 2.00 bits per heavy atom. The molecule has 1 atom stereocenters. The van der Waals surface area contributed by atoms with E-state index in [9.17, 15) is 9.59 Å². The van der Waals surface area contributed by atoms with Gasteiger partial charge in [0, 0.05) is 17.0 Å². The minimum atomic E-state index is -0.589. The molecule has 2 heterocycles. The first-order valence-corrected chi connectivity index (χ1v) is 10.6. The molecule has 1 aliphatic heterocycles. The van der Waals surface area contributed by atoms with Crippen LogP contribution in [0.15, 0.2) is 41.2 Å². The number of carbonyl (C=O) groups is 1. The number of hydrogen-bond donors (Lipinski definition) is 2. The monoisotopic (exact) mass is 459 g/mol. The van der Waals surface area contributed by atoms with Gasteiger partial charge in [-0.05, 0) is 45.0 Å². The summed E-state index contributed by atoms with van der Waals surface area (Å²) < 4.78 is 25.7. The number of carbonyl (C=O) groups excluding carboxylic acids is 1. The number of benzene rings is 2. The second kappa shape index (κ2) is 8.70. The number of H-pyrrole nitrogens is 1. The van der Waals surface area contributed by atoms with Crippen LogP contribution < -0.4 is 20.5 Å². The van der Waals surface area contributed by atoms with Gasteiger partial charge in [-0.2, -0.15) is 0 Å². The van der Waals surface area contributed by atoms with E-state index in [0.29, 0.717) is 21.9 Å². The largest absolute Gasteiger partial charge is 0.489 e. The van der Waals surface area contributed by atoms with Gasteiger partial charge in [-0.3, -0.25) is 9.69 Å². The van der Waals surface area contributed by atoms with Crippen LogP contribution in [0.5, 0.6) is 5.75 Å². The van der Waals surface area contributed by atoms with Crippen LogP contribution in [0.4, 0.5) is 20.6 Å². The van der Waals surface area contributed by atoms with E-state index in [1.54, 1.807) is 37.3 Å². The van der Waals surface area contributed by atoms with Gasteiger partial charge in [0.1, 0.15) is 12.4 Å². The molecule has 9 heteroatoms. The summed E-state index contributed by atoms with van der Waals surface area (Å²) in [5.74, 6) is -0.1000. The smallest absolute Gasteiger partial charge is 0.414 e. The average molecular weight is 460 g/mol. The van der Waals surface area contributed by atoms with Gasteiger partial charge in [0.05, 0.1) is 40.6 Å². The maximum Gasteiger partial charge on any atom is 0.414 e. The molecule has 2 aromatic carbocycles. The zero-order valence-electron chi connectivity index (χ0n) is 17.9. The molecule has 1 aromatic heterocycles. The van der Waals surface area contributed by atoms with Gasteiger partial charge < -0.3 is 19.8 Å². The van der Waals surface area contributed by atoms with Gasteiger partial charge in [0.15, 0.2) is 5.82 Å². The number of amides is 1. The number of pyridine rings is 1. The summed E-state index contributed by atoms with van der Waals surface area (Å²) in [5, 5.41) is 4.19. The van der Waals surface area contributed by atoms with E-state index in [1.165, 1.54) is 11.0 Å². The molecule has 1 fully saturated rings. The van der Waals surface area contributed by atoms with Crippen LogP contribution in [0.2, 0.25) is 5.02 Å². The average Bonchev–Trinajstić information content (AvgIpc) is 3.15. The van der Waals surface area contributed by atoms with Gasteiger partial charge in [-0.1, -0.05) is 17.7 Å². The molecule has 0 spiro atoms. The van der Waals surface area contributed by atoms with Crippen LogP contribution in [0, 0.1) is 5.82 Å². The molecule has 0 saturated carbocycles. The third kappa shape index (κ3) is 4.23. The van der Waals surface area contributed by atoms with Crippen molar-refractivity contribution in [1.29, 1.82) is 0 Å². The van der Waals surface area contributed by atoms with E-state index >= 15 is 4.39 Å². The lowest BCUT2D eigenvalue weighted by molar-refractivity contribution is 0.181. The lowest BCUT2D eigenvalue weighted by Crippen LogP contribution is -2.25. The Bertz CT molecular complexity index is 1240. The van der Waals surface area contributed by atoms with Crippen molar-refractivity contribution in [2.45, 2.75) is 32.9 Å². The molecule has 3 aromatic rings. The number of cyclic esters (lactones) is 1. The summed E-state index contributed by atoms with van der Waals surface area (Å²) in [6, 6.07) is 9.32. The first-order chi connectivity index (χ1) is 15.2. The summed E-state index contributed by atoms with van der Waals surface area (Å²) in [4.78, 5) is 28.7. The number of nitrogens with zero attached hydrogens (tertiary/aromatic N) is 1. The number of ether oxygens (including phenoxy) is 2. The zero-order valence-corrected chi connectivity index (χ0v) is 18.6. The first-order valence-electron chi connectivity index (χ1n) is 10.3. The SMILES string of the molecule is CC(C)Oc1cc2[nH]c(=O)c(C(C)Nc3cccc(N4CCOC4=O)c3F)cc2cc1Cl. The Balaban J connectivity index is 1.64. The lowest BCUT2D eigenvalue weighted by atomic mass is 10.1. The van der Waals surface area contributed by atoms with Gasteiger partial charge in [0.25, 0.3) is 5.56 Å². The fourth-order valence-electron chi connectivity index (χ4n) is 3.65. The van der Waals surface area contributed by atoms with E-state index in [2.05, 4.69) is 10.3 Å². The summed E-state index contributed by atoms with van der Waals surface area (Å²) in [6.07, 6.45) is -0.647. The third-order valence-electron chi connectivity index (χ3n) is 5.16. The van der Waals surface area contributed by atoms with Crippen molar-refractivity contribution in [3.05, 3.63) is 63.2 Å². The second-order valence-electron chi connectivity index (χ2n) is 7.86.